The van der Waals surface area contributed by atoms with Crippen LogP contribution in [0.1, 0.15) is 12.8 Å². The zero-order valence-electron chi connectivity index (χ0n) is 10.0. The van der Waals surface area contributed by atoms with Crippen LogP contribution in [0.2, 0.25) is 0 Å². The van der Waals surface area contributed by atoms with Gasteiger partial charge in [0.15, 0.2) is 5.58 Å². The number of oxazole rings is 1. The van der Waals surface area contributed by atoms with Gasteiger partial charge in [0.1, 0.15) is 5.52 Å². The highest BCUT2D eigenvalue weighted by Crippen LogP contribution is 2.23. The molecule has 1 atom stereocenters. The maximum absolute atomic E-state index is 5.77. The summed E-state index contributed by atoms with van der Waals surface area (Å²) in [5, 5.41) is 3.41. The average molecular weight is 231 g/mol. The lowest BCUT2D eigenvalue weighted by atomic mass is 10.1. The molecule has 1 N–H and O–H groups in total. The molecular weight excluding hydrogens is 214 g/mol. The normalized spacial score (nSPS) is 20.6. The maximum Gasteiger partial charge on any atom is 0.298 e. The SMILES string of the molecule is CN(c1nc2ccccc2o1)[C@@H]1CCCNC1. The Balaban J connectivity index is 1.86. The van der Waals surface area contributed by atoms with Crippen LogP contribution < -0.4 is 10.2 Å². The highest BCUT2D eigenvalue weighted by atomic mass is 16.4. The predicted molar refractivity (Wildman–Crippen MR) is 68.3 cm³/mol. The molecule has 4 nitrogen and oxygen atoms in total. The van der Waals surface area contributed by atoms with Crippen molar-refractivity contribution in [1.82, 2.24) is 10.3 Å². The number of hydrogen-bond donors (Lipinski definition) is 1. The van der Waals surface area contributed by atoms with Crippen molar-refractivity contribution in [2.45, 2.75) is 18.9 Å². The van der Waals surface area contributed by atoms with Gasteiger partial charge in [-0.05, 0) is 31.5 Å². The Labute approximate surface area is 101 Å². The Morgan fingerprint density at radius 1 is 1.41 bits per heavy atom. The molecule has 0 aliphatic carbocycles. The van der Waals surface area contributed by atoms with Crippen molar-refractivity contribution in [3.63, 3.8) is 0 Å². The van der Waals surface area contributed by atoms with Gasteiger partial charge in [0.2, 0.25) is 0 Å². The van der Waals surface area contributed by atoms with Crippen LogP contribution in [0.5, 0.6) is 0 Å². The molecule has 1 saturated heterocycles. The fourth-order valence-electron chi connectivity index (χ4n) is 2.33. The van der Waals surface area contributed by atoms with Crippen LogP contribution in [0.15, 0.2) is 28.7 Å². The molecule has 1 aromatic heterocycles. The highest BCUT2D eigenvalue weighted by Gasteiger charge is 2.21. The highest BCUT2D eigenvalue weighted by molar-refractivity contribution is 5.74. The third-order valence-electron chi connectivity index (χ3n) is 3.40. The minimum absolute atomic E-state index is 0.483. The molecular formula is C13H17N3O. The number of fused-ring (bicyclic) bond motifs is 1. The molecule has 1 fully saturated rings. The molecule has 0 bridgehead atoms. The first-order valence-electron chi connectivity index (χ1n) is 6.14. The quantitative estimate of drug-likeness (QED) is 0.858. The van der Waals surface area contributed by atoms with E-state index in [0.29, 0.717) is 6.04 Å². The van der Waals surface area contributed by atoms with Crippen LogP contribution in [-0.2, 0) is 0 Å². The van der Waals surface area contributed by atoms with E-state index in [9.17, 15) is 0 Å². The fraction of sp³-hybridized carbons (Fsp3) is 0.462. The van der Waals surface area contributed by atoms with Crippen LogP contribution in [-0.4, -0.2) is 31.2 Å². The zero-order valence-corrected chi connectivity index (χ0v) is 10.0. The van der Waals surface area contributed by atoms with Crippen molar-refractivity contribution in [3.05, 3.63) is 24.3 Å². The third kappa shape index (κ3) is 2.00. The molecule has 1 aromatic carbocycles. The van der Waals surface area contributed by atoms with E-state index in [4.69, 9.17) is 4.42 Å². The van der Waals surface area contributed by atoms with Crippen LogP contribution in [0.25, 0.3) is 11.1 Å². The fourth-order valence-corrected chi connectivity index (χ4v) is 2.33. The van der Waals surface area contributed by atoms with Gasteiger partial charge in [0.05, 0.1) is 0 Å². The first-order chi connectivity index (χ1) is 8.34. The molecule has 1 aliphatic heterocycles. The van der Waals surface area contributed by atoms with Gasteiger partial charge in [0, 0.05) is 19.6 Å². The lowest BCUT2D eigenvalue weighted by Crippen LogP contribution is -2.44. The van der Waals surface area contributed by atoms with Crippen molar-refractivity contribution >= 4 is 17.1 Å². The number of benzene rings is 1. The second-order valence-corrected chi connectivity index (χ2v) is 4.58. The summed E-state index contributed by atoms with van der Waals surface area (Å²) in [6.07, 6.45) is 2.41. The van der Waals surface area contributed by atoms with Crippen molar-refractivity contribution in [1.29, 1.82) is 0 Å². The van der Waals surface area contributed by atoms with E-state index in [1.807, 2.05) is 24.3 Å². The Kier molecular flexibility index (Phi) is 2.73. The minimum Gasteiger partial charge on any atom is -0.423 e. The van der Waals surface area contributed by atoms with E-state index >= 15 is 0 Å². The average Bonchev–Trinajstić information content (AvgIpc) is 2.82. The van der Waals surface area contributed by atoms with Gasteiger partial charge in [-0.25, -0.2) is 0 Å². The molecule has 0 amide bonds. The largest absolute Gasteiger partial charge is 0.423 e. The number of nitrogens with one attached hydrogen (secondary N) is 1. The van der Waals surface area contributed by atoms with Crippen LogP contribution in [0.3, 0.4) is 0 Å². The smallest absolute Gasteiger partial charge is 0.298 e. The summed E-state index contributed by atoms with van der Waals surface area (Å²) < 4.78 is 5.77. The Morgan fingerprint density at radius 3 is 3.06 bits per heavy atom. The molecule has 0 radical (unpaired) electrons. The van der Waals surface area contributed by atoms with Crippen molar-refractivity contribution in [2.75, 3.05) is 25.0 Å². The number of anilines is 1. The summed E-state index contributed by atoms with van der Waals surface area (Å²) in [7, 11) is 2.06. The summed E-state index contributed by atoms with van der Waals surface area (Å²) in [5.41, 5.74) is 1.79. The molecule has 0 saturated carbocycles. The number of aromatic nitrogens is 1. The minimum atomic E-state index is 0.483. The van der Waals surface area contributed by atoms with Gasteiger partial charge in [-0.1, -0.05) is 12.1 Å². The maximum atomic E-state index is 5.77. The Hall–Kier alpha value is -1.55. The van der Waals surface area contributed by atoms with Gasteiger partial charge >= 0.3 is 0 Å². The third-order valence-corrected chi connectivity index (χ3v) is 3.40. The summed E-state index contributed by atoms with van der Waals surface area (Å²) in [5.74, 6) is 0. The van der Waals surface area contributed by atoms with E-state index in [-0.39, 0.29) is 0 Å². The van der Waals surface area contributed by atoms with E-state index in [2.05, 4.69) is 22.2 Å². The molecule has 17 heavy (non-hydrogen) atoms. The first-order valence-corrected chi connectivity index (χ1v) is 6.14. The molecule has 2 heterocycles. The summed E-state index contributed by atoms with van der Waals surface area (Å²) in [4.78, 5) is 6.66. The lowest BCUT2D eigenvalue weighted by molar-refractivity contribution is 0.425. The van der Waals surface area contributed by atoms with Crippen molar-refractivity contribution in [2.24, 2.45) is 0 Å². The van der Waals surface area contributed by atoms with Crippen LogP contribution >= 0.6 is 0 Å². The van der Waals surface area contributed by atoms with E-state index < -0.39 is 0 Å². The summed E-state index contributed by atoms with van der Waals surface area (Å²) in [6.45, 7) is 2.13. The predicted octanol–water partition coefficient (Wildman–Crippen LogP) is 2.02. The molecule has 0 unspecified atom stereocenters. The summed E-state index contributed by atoms with van der Waals surface area (Å²) in [6, 6.07) is 9.10. The second-order valence-electron chi connectivity index (χ2n) is 4.58. The summed E-state index contributed by atoms with van der Waals surface area (Å²) >= 11 is 0. The van der Waals surface area contributed by atoms with Gasteiger partial charge in [-0.15, -0.1) is 0 Å². The standard InChI is InChI=1S/C13H17N3O/c1-16(10-5-4-8-14-9-10)13-15-11-6-2-3-7-12(11)17-13/h2-3,6-7,10,14H,4-5,8-9H2,1H3/t10-/m1/s1. The Bertz CT molecular complexity index is 469. The molecule has 0 spiro atoms. The van der Waals surface area contributed by atoms with E-state index in [0.717, 1.165) is 30.2 Å². The van der Waals surface area contributed by atoms with Gasteiger partial charge < -0.3 is 14.6 Å². The van der Waals surface area contributed by atoms with Crippen molar-refractivity contribution in [3.8, 4) is 0 Å². The number of nitrogens with zero attached hydrogens (tertiary/aromatic N) is 2. The van der Waals surface area contributed by atoms with Crippen LogP contribution in [0.4, 0.5) is 6.01 Å². The van der Waals surface area contributed by atoms with Gasteiger partial charge in [-0.3, -0.25) is 0 Å². The van der Waals surface area contributed by atoms with E-state index in [1.165, 1.54) is 12.8 Å². The van der Waals surface area contributed by atoms with Gasteiger partial charge in [0.25, 0.3) is 6.01 Å². The molecule has 3 rings (SSSR count). The number of para-hydroxylation sites is 2. The molecule has 90 valence electrons. The zero-order chi connectivity index (χ0) is 11.7. The topological polar surface area (TPSA) is 41.3 Å². The van der Waals surface area contributed by atoms with E-state index in [1.54, 1.807) is 0 Å². The first kappa shape index (κ1) is 10.6. The molecule has 2 aromatic rings. The second kappa shape index (κ2) is 4.37. The van der Waals surface area contributed by atoms with Gasteiger partial charge in [-0.2, -0.15) is 4.98 Å². The lowest BCUT2D eigenvalue weighted by Gasteiger charge is -2.30. The monoisotopic (exact) mass is 231 g/mol. The van der Waals surface area contributed by atoms with Crippen molar-refractivity contribution < 1.29 is 4.42 Å². The molecule has 1 aliphatic rings. The number of hydrogen-bond acceptors (Lipinski definition) is 4. The molecule has 4 heteroatoms. The number of piperidine rings is 1. The Morgan fingerprint density at radius 2 is 2.29 bits per heavy atom. The number of rotatable bonds is 2. The van der Waals surface area contributed by atoms with Crippen LogP contribution in [0, 0.1) is 0 Å². The number of likely N-dealkylation sites (N-methyl/N-ethyl adjacent to an activating group) is 1.